The number of thioether (sulfide) groups is 1. The van der Waals surface area contributed by atoms with Crippen molar-refractivity contribution in [2.24, 2.45) is 0 Å². The molecule has 0 bridgehead atoms. The highest BCUT2D eigenvalue weighted by atomic mass is 35.5. The molecule has 1 aliphatic heterocycles. The Morgan fingerprint density at radius 1 is 1.00 bits per heavy atom. The second-order valence-corrected chi connectivity index (χ2v) is 7.55. The van der Waals surface area contributed by atoms with Gasteiger partial charge >= 0.3 is 0 Å². The maximum Gasteiger partial charge on any atom is 0.272 e. The van der Waals surface area contributed by atoms with Crippen LogP contribution >= 0.6 is 35.0 Å². The number of anilines is 1. The number of rotatable bonds is 5. The molecule has 2 amide bonds. The molecular formula is C19H15Cl2NO3S. The van der Waals surface area contributed by atoms with E-state index in [0.29, 0.717) is 43.3 Å². The van der Waals surface area contributed by atoms with Gasteiger partial charge in [0.2, 0.25) is 0 Å². The van der Waals surface area contributed by atoms with E-state index in [1.165, 1.54) is 18.9 Å². The Hall–Kier alpha value is -1.95. The number of amides is 2. The first-order valence-corrected chi connectivity index (χ1v) is 9.57. The van der Waals surface area contributed by atoms with Gasteiger partial charge < -0.3 is 4.74 Å². The van der Waals surface area contributed by atoms with Crippen LogP contribution in [0.1, 0.15) is 12.5 Å². The predicted octanol–water partition coefficient (Wildman–Crippen LogP) is 5.04. The lowest BCUT2D eigenvalue weighted by Gasteiger charge is -2.18. The lowest BCUT2D eigenvalue weighted by atomic mass is 10.1. The van der Waals surface area contributed by atoms with E-state index in [4.69, 9.17) is 27.9 Å². The van der Waals surface area contributed by atoms with Crippen LogP contribution in [0.3, 0.4) is 0 Å². The van der Waals surface area contributed by atoms with E-state index in [1.54, 1.807) is 42.5 Å². The molecule has 2 aromatic carbocycles. The quantitative estimate of drug-likeness (QED) is 0.651. The minimum atomic E-state index is -0.408. The van der Waals surface area contributed by atoms with Crippen LogP contribution in [-0.2, 0) is 9.59 Å². The molecule has 0 radical (unpaired) electrons. The Morgan fingerprint density at radius 2 is 1.65 bits per heavy atom. The number of hydrogen-bond donors (Lipinski definition) is 0. The summed E-state index contributed by atoms with van der Waals surface area (Å²) < 4.78 is 5.31. The van der Waals surface area contributed by atoms with Crippen LogP contribution in [0, 0.1) is 0 Å². The van der Waals surface area contributed by atoms with Gasteiger partial charge in [-0.25, -0.2) is 4.90 Å². The first kappa shape index (κ1) is 18.8. The summed E-state index contributed by atoms with van der Waals surface area (Å²) in [4.78, 5) is 27.7. The van der Waals surface area contributed by atoms with Crippen LogP contribution in [0.4, 0.5) is 5.69 Å². The summed E-state index contributed by atoms with van der Waals surface area (Å²) in [6.45, 7) is 1.93. The van der Waals surface area contributed by atoms with Crippen LogP contribution < -0.4 is 9.64 Å². The number of carbonyl (C=O) groups excluding carboxylic acids is 2. The number of ether oxygens (including phenoxy) is 1. The Kier molecular flexibility index (Phi) is 5.61. The average Bonchev–Trinajstić information content (AvgIpc) is 2.86. The molecule has 134 valence electrons. The molecule has 0 atom stereocenters. The van der Waals surface area contributed by atoms with Crippen molar-refractivity contribution >= 4 is 58.0 Å². The molecule has 0 aromatic heterocycles. The zero-order chi connectivity index (χ0) is 18.8. The molecule has 0 spiro atoms. The molecule has 0 fully saturated rings. The van der Waals surface area contributed by atoms with E-state index < -0.39 is 5.91 Å². The minimum absolute atomic E-state index is 0.327. The van der Waals surface area contributed by atoms with Crippen LogP contribution in [-0.4, -0.2) is 24.7 Å². The Balaban J connectivity index is 2.13. The second kappa shape index (κ2) is 7.74. The monoisotopic (exact) mass is 407 g/mol. The molecule has 0 aliphatic carbocycles. The molecule has 0 saturated carbocycles. The van der Waals surface area contributed by atoms with Crippen molar-refractivity contribution in [3.8, 4) is 5.75 Å². The van der Waals surface area contributed by atoms with Gasteiger partial charge in [-0.15, -0.1) is 11.8 Å². The van der Waals surface area contributed by atoms with E-state index in [9.17, 15) is 9.59 Å². The molecule has 4 nitrogen and oxygen atoms in total. The number of hydrogen-bond acceptors (Lipinski definition) is 4. The van der Waals surface area contributed by atoms with E-state index in [0.717, 1.165) is 4.90 Å². The van der Waals surface area contributed by atoms with Gasteiger partial charge in [0.05, 0.1) is 23.3 Å². The number of carbonyl (C=O) groups is 2. The number of nitrogens with zero attached hydrogens (tertiary/aromatic N) is 1. The zero-order valence-corrected chi connectivity index (χ0v) is 16.4. The fraction of sp³-hybridized carbons (Fsp3) is 0.158. The standard InChI is InChI=1S/C19H15Cl2NO3S/c1-3-26-17-16(11-4-6-12(20)7-5-11)18(23)22(19(17)24)14-10-13(21)8-9-15(14)25-2/h4-10H,3H2,1-2H3. The van der Waals surface area contributed by atoms with Crippen molar-refractivity contribution in [2.75, 3.05) is 17.8 Å². The van der Waals surface area contributed by atoms with E-state index in [1.807, 2.05) is 6.92 Å². The molecule has 26 heavy (non-hydrogen) atoms. The fourth-order valence-electron chi connectivity index (χ4n) is 2.72. The molecule has 1 aliphatic rings. The lowest BCUT2D eigenvalue weighted by molar-refractivity contribution is -0.119. The van der Waals surface area contributed by atoms with E-state index in [2.05, 4.69) is 0 Å². The molecule has 1 heterocycles. The number of imide groups is 1. The third-order valence-corrected chi connectivity index (χ3v) is 5.29. The highest BCUT2D eigenvalue weighted by Crippen LogP contribution is 2.42. The van der Waals surface area contributed by atoms with E-state index in [-0.39, 0.29) is 5.91 Å². The molecule has 3 rings (SSSR count). The van der Waals surface area contributed by atoms with Crippen molar-refractivity contribution in [3.63, 3.8) is 0 Å². The average molecular weight is 408 g/mol. The lowest BCUT2D eigenvalue weighted by Crippen LogP contribution is -2.31. The molecule has 7 heteroatoms. The third-order valence-electron chi connectivity index (χ3n) is 3.84. The topological polar surface area (TPSA) is 46.6 Å². The van der Waals surface area contributed by atoms with Gasteiger partial charge in [0.15, 0.2) is 0 Å². The molecule has 0 N–H and O–H groups in total. The van der Waals surface area contributed by atoms with Crippen LogP contribution in [0.15, 0.2) is 47.4 Å². The summed E-state index contributed by atoms with van der Waals surface area (Å²) >= 11 is 13.4. The highest BCUT2D eigenvalue weighted by molar-refractivity contribution is 8.04. The molecule has 0 saturated heterocycles. The summed E-state index contributed by atoms with van der Waals surface area (Å²) in [5.74, 6) is 0.266. The van der Waals surface area contributed by atoms with Gasteiger partial charge in [-0.3, -0.25) is 9.59 Å². The summed E-state index contributed by atoms with van der Waals surface area (Å²) in [6.07, 6.45) is 0. The van der Waals surface area contributed by atoms with Gasteiger partial charge in [-0.1, -0.05) is 42.3 Å². The van der Waals surface area contributed by atoms with Crippen LogP contribution in [0.2, 0.25) is 10.0 Å². The van der Waals surface area contributed by atoms with Crippen molar-refractivity contribution in [3.05, 3.63) is 63.0 Å². The van der Waals surface area contributed by atoms with Gasteiger partial charge in [0.1, 0.15) is 5.75 Å². The van der Waals surface area contributed by atoms with Crippen molar-refractivity contribution in [2.45, 2.75) is 6.92 Å². The number of halogens is 2. The second-order valence-electron chi connectivity index (χ2n) is 5.41. The van der Waals surface area contributed by atoms with Crippen molar-refractivity contribution < 1.29 is 14.3 Å². The van der Waals surface area contributed by atoms with E-state index >= 15 is 0 Å². The van der Waals surface area contributed by atoms with Gasteiger partial charge in [-0.2, -0.15) is 0 Å². The van der Waals surface area contributed by atoms with Crippen LogP contribution in [0.25, 0.3) is 5.57 Å². The largest absolute Gasteiger partial charge is 0.495 e. The number of benzene rings is 2. The third kappa shape index (κ3) is 3.34. The maximum absolute atomic E-state index is 13.2. The van der Waals surface area contributed by atoms with Gasteiger partial charge in [0.25, 0.3) is 11.8 Å². The minimum Gasteiger partial charge on any atom is -0.495 e. The molecule has 2 aromatic rings. The van der Waals surface area contributed by atoms with Crippen molar-refractivity contribution in [1.29, 1.82) is 0 Å². The summed E-state index contributed by atoms with van der Waals surface area (Å²) in [5.41, 5.74) is 1.33. The Bertz CT molecular complexity index is 910. The first-order chi connectivity index (χ1) is 12.5. The maximum atomic E-state index is 13.2. The molecule has 0 unspecified atom stereocenters. The summed E-state index contributed by atoms with van der Waals surface area (Å²) in [5, 5.41) is 0.968. The smallest absolute Gasteiger partial charge is 0.272 e. The van der Waals surface area contributed by atoms with Crippen LogP contribution in [0.5, 0.6) is 5.75 Å². The van der Waals surface area contributed by atoms with Gasteiger partial charge in [-0.05, 0) is 41.6 Å². The number of methoxy groups -OCH3 is 1. The Morgan fingerprint density at radius 3 is 2.27 bits per heavy atom. The summed E-state index contributed by atoms with van der Waals surface area (Å²) in [6, 6.07) is 11.7. The normalized spacial score (nSPS) is 14.4. The van der Waals surface area contributed by atoms with Gasteiger partial charge in [0, 0.05) is 10.0 Å². The SMILES string of the molecule is CCSC1=C(c2ccc(Cl)cc2)C(=O)N(c2cc(Cl)ccc2OC)C1=O. The molecular weight excluding hydrogens is 393 g/mol. The highest BCUT2D eigenvalue weighted by Gasteiger charge is 2.41. The van der Waals surface area contributed by atoms with Crippen molar-refractivity contribution in [1.82, 2.24) is 0 Å². The predicted molar refractivity (Wildman–Crippen MR) is 107 cm³/mol. The fourth-order valence-corrected chi connectivity index (χ4v) is 3.86. The first-order valence-electron chi connectivity index (χ1n) is 7.83. The zero-order valence-electron chi connectivity index (χ0n) is 14.1. The Labute approximate surface area is 165 Å². The summed E-state index contributed by atoms with van der Waals surface area (Å²) in [7, 11) is 1.48.